The van der Waals surface area contributed by atoms with Crippen molar-refractivity contribution >= 4 is 11.7 Å². The van der Waals surface area contributed by atoms with Gasteiger partial charge in [-0.25, -0.2) is 4.79 Å². The Morgan fingerprint density at radius 2 is 1.90 bits per heavy atom. The zero-order valence-electron chi connectivity index (χ0n) is 12.0. The molecule has 1 aromatic rings. The zero-order chi connectivity index (χ0) is 15.0. The van der Waals surface area contributed by atoms with Crippen LogP contribution in [0.15, 0.2) is 24.3 Å². The van der Waals surface area contributed by atoms with Crippen molar-refractivity contribution in [1.29, 1.82) is 0 Å². The molecule has 112 valence electrons. The van der Waals surface area contributed by atoms with Gasteiger partial charge in [0.05, 0.1) is 24.4 Å². The number of unbranched alkanes of at least 4 members (excludes halogenated alkanes) is 1. The van der Waals surface area contributed by atoms with Crippen LogP contribution in [-0.2, 0) is 4.74 Å². The predicted molar refractivity (Wildman–Crippen MR) is 77.8 cm³/mol. The molecule has 0 heterocycles. The number of benzene rings is 1. The number of anilines is 1. The van der Waals surface area contributed by atoms with Crippen molar-refractivity contribution in [3.63, 3.8) is 0 Å². The third-order valence-corrected chi connectivity index (χ3v) is 3.09. The summed E-state index contributed by atoms with van der Waals surface area (Å²) in [4.78, 5) is 11.7. The van der Waals surface area contributed by atoms with Gasteiger partial charge in [-0.1, -0.05) is 0 Å². The molecule has 0 aliphatic heterocycles. The second kappa shape index (κ2) is 8.55. The first-order valence-corrected chi connectivity index (χ1v) is 6.85. The molecular formula is C15H23NO4. The van der Waals surface area contributed by atoms with E-state index in [1.165, 1.54) is 0 Å². The van der Waals surface area contributed by atoms with Crippen molar-refractivity contribution in [1.82, 2.24) is 0 Å². The number of ether oxygens (including phenoxy) is 1. The topological polar surface area (TPSA) is 78.8 Å². The van der Waals surface area contributed by atoms with Crippen LogP contribution in [0.3, 0.4) is 0 Å². The van der Waals surface area contributed by atoms with E-state index in [-0.39, 0.29) is 5.97 Å². The summed E-state index contributed by atoms with van der Waals surface area (Å²) in [7, 11) is 1.81. The van der Waals surface area contributed by atoms with Crippen LogP contribution in [0.4, 0.5) is 5.69 Å². The third-order valence-electron chi connectivity index (χ3n) is 3.09. The minimum Gasteiger partial charge on any atom is -0.462 e. The van der Waals surface area contributed by atoms with Crippen LogP contribution in [0.25, 0.3) is 0 Å². The smallest absolute Gasteiger partial charge is 0.338 e. The van der Waals surface area contributed by atoms with Gasteiger partial charge in [0.25, 0.3) is 0 Å². The summed E-state index contributed by atoms with van der Waals surface area (Å²) in [6, 6.07) is 7.06. The van der Waals surface area contributed by atoms with Crippen molar-refractivity contribution in [2.75, 3.05) is 19.0 Å². The van der Waals surface area contributed by atoms with E-state index in [0.717, 1.165) is 5.69 Å². The summed E-state index contributed by atoms with van der Waals surface area (Å²) in [5.41, 5.74) is 1.46. The number of nitrogens with one attached hydrogen (secondary N) is 1. The van der Waals surface area contributed by atoms with E-state index in [0.29, 0.717) is 31.4 Å². The van der Waals surface area contributed by atoms with Crippen molar-refractivity contribution in [2.24, 2.45) is 0 Å². The minimum atomic E-state index is -0.719. The number of carbonyl (C=O) groups is 1. The predicted octanol–water partition coefficient (Wildman–Crippen LogP) is 1.80. The van der Waals surface area contributed by atoms with Gasteiger partial charge < -0.3 is 20.3 Å². The van der Waals surface area contributed by atoms with Gasteiger partial charge in [-0.15, -0.1) is 0 Å². The molecule has 1 unspecified atom stereocenters. The molecule has 0 aliphatic rings. The summed E-state index contributed by atoms with van der Waals surface area (Å²) in [5.74, 6) is -0.344. The Bertz CT molecular complexity index is 403. The first-order chi connectivity index (χ1) is 9.54. The molecule has 0 aromatic heterocycles. The second-order valence-corrected chi connectivity index (χ2v) is 4.77. The average molecular weight is 281 g/mol. The van der Waals surface area contributed by atoms with Gasteiger partial charge in [-0.05, 0) is 50.5 Å². The summed E-state index contributed by atoms with van der Waals surface area (Å²) < 4.78 is 5.14. The lowest BCUT2D eigenvalue weighted by atomic mass is 10.1. The van der Waals surface area contributed by atoms with E-state index >= 15 is 0 Å². The molecular weight excluding hydrogens is 258 g/mol. The highest BCUT2D eigenvalue weighted by atomic mass is 16.5. The molecule has 0 fully saturated rings. The van der Waals surface area contributed by atoms with Crippen LogP contribution >= 0.6 is 0 Å². The van der Waals surface area contributed by atoms with Gasteiger partial charge in [0.15, 0.2) is 0 Å². The molecule has 3 N–H and O–H groups in total. The molecule has 5 nitrogen and oxygen atoms in total. The Kier molecular flexibility index (Phi) is 7.04. The largest absolute Gasteiger partial charge is 0.462 e. The average Bonchev–Trinajstić information content (AvgIpc) is 2.46. The number of hydrogen-bond acceptors (Lipinski definition) is 5. The molecule has 5 heteroatoms. The van der Waals surface area contributed by atoms with E-state index < -0.39 is 12.2 Å². The minimum absolute atomic E-state index is 0.319. The molecule has 0 radical (unpaired) electrons. The number of aliphatic hydroxyl groups is 2. The maximum Gasteiger partial charge on any atom is 0.338 e. The number of rotatable bonds is 8. The fraction of sp³-hybridized carbons (Fsp3) is 0.533. The molecule has 20 heavy (non-hydrogen) atoms. The summed E-state index contributed by atoms with van der Waals surface area (Å²) in [6.07, 6.45) is 0.455. The first-order valence-electron chi connectivity index (χ1n) is 6.85. The molecule has 1 aromatic carbocycles. The zero-order valence-corrected chi connectivity index (χ0v) is 12.0. The molecule has 1 rings (SSSR count). The van der Waals surface area contributed by atoms with Crippen LogP contribution in [0.2, 0.25) is 0 Å². The van der Waals surface area contributed by atoms with Crippen molar-refractivity contribution in [3.05, 3.63) is 29.8 Å². The second-order valence-electron chi connectivity index (χ2n) is 4.77. The molecule has 0 saturated heterocycles. The molecule has 0 spiro atoms. The fourth-order valence-corrected chi connectivity index (χ4v) is 1.72. The SMILES string of the molecule is CNc1ccc(C(=O)OCCCCC(O)[C@H](C)O)cc1. The lowest BCUT2D eigenvalue weighted by Crippen LogP contribution is -2.22. The van der Waals surface area contributed by atoms with Gasteiger partial charge in [0.2, 0.25) is 0 Å². The van der Waals surface area contributed by atoms with Gasteiger partial charge in [-0.3, -0.25) is 0 Å². The van der Waals surface area contributed by atoms with Crippen LogP contribution in [0.1, 0.15) is 36.5 Å². The fourth-order valence-electron chi connectivity index (χ4n) is 1.72. The van der Waals surface area contributed by atoms with Crippen molar-refractivity contribution < 1.29 is 19.7 Å². The van der Waals surface area contributed by atoms with E-state index in [9.17, 15) is 9.90 Å². The Labute approximate surface area is 119 Å². The van der Waals surface area contributed by atoms with E-state index in [1.54, 1.807) is 19.1 Å². The summed E-state index contributed by atoms with van der Waals surface area (Å²) in [6.45, 7) is 1.87. The van der Waals surface area contributed by atoms with E-state index in [2.05, 4.69) is 5.32 Å². The Hall–Kier alpha value is -1.59. The number of carbonyl (C=O) groups excluding carboxylic acids is 1. The number of hydrogen-bond donors (Lipinski definition) is 3. The van der Waals surface area contributed by atoms with Crippen LogP contribution in [0.5, 0.6) is 0 Å². The molecule has 0 aliphatic carbocycles. The number of esters is 1. The van der Waals surface area contributed by atoms with Gasteiger partial charge >= 0.3 is 5.97 Å². The molecule has 0 bridgehead atoms. The highest BCUT2D eigenvalue weighted by Crippen LogP contribution is 2.10. The lowest BCUT2D eigenvalue weighted by Gasteiger charge is -2.12. The normalized spacial score (nSPS) is 13.6. The van der Waals surface area contributed by atoms with E-state index in [1.807, 2.05) is 19.2 Å². The highest BCUT2D eigenvalue weighted by Gasteiger charge is 2.10. The lowest BCUT2D eigenvalue weighted by molar-refractivity contribution is 0.0227. The highest BCUT2D eigenvalue weighted by molar-refractivity contribution is 5.89. The summed E-state index contributed by atoms with van der Waals surface area (Å²) in [5, 5.41) is 21.5. The van der Waals surface area contributed by atoms with Crippen LogP contribution < -0.4 is 5.32 Å². The van der Waals surface area contributed by atoms with Crippen LogP contribution in [-0.4, -0.2) is 42.0 Å². The molecule has 2 atom stereocenters. The van der Waals surface area contributed by atoms with Gasteiger partial charge in [0.1, 0.15) is 0 Å². The Balaban J connectivity index is 2.22. The standard InChI is InChI=1S/C15H23NO4/c1-11(17)14(18)5-3-4-10-20-15(19)12-6-8-13(16-2)9-7-12/h6-9,11,14,16-18H,3-5,10H2,1-2H3/t11-,14?/m0/s1. The quantitative estimate of drug-likeness (QED) is 0.500. The van der Waals surface area contributed by atoms with E-state index in [4.69, 9.17) is 9.84 Å². The maximum atomic E-state index is 11.7. The number of aliphatic hydroxyl groups excluding tert-OH is 2. The first kappa shape index (κ1) is 16.5. The molecule has 0 saturated carbocycles. The van der Waals surface area contributed by atoms with Crippen molar-refractivity contribution in [3.8, 4) is 0 Å². The van der Waals surface area contributed by atoms with Crippen molar-refractivity contribution in [2.45, 2.75) is 38.4 Å². The maximum absolute atomic E-state index is 11.7. The Morgan fingerprint density at radius 1 is 1.25 bits per heavy atom. The van der Waals surface area contributed by atoms with Crippen LogP contribution in [0, 0.1) is 0 Å². The summed E-state index contributed by atoms with van der Waals surface area (Å²) >= 11 is 0. The Morgan fingerprint density at radius 3 is 2.45 bits per heavy atom. The van der Waals surface area contributed by atoms with Gasteiger partial charge in [-0.2, -0.15) is 0 Å². The third kappa shape index (κ3) is 5.59. The molecule has 0 amide bonds. The van der Waals surface area contributed by atoms with Gasteiger partial charge in [0, 0.05) is 12.7 Å². The monoisotopic (exact) mass is 281 g/mol.